The molecule has 1 rings (SSSR count). The number of aliphatic carboxylic acids is 1. The highest BCUT2D eigenvalue weighted by molar-refractivity contribution is 5.77. The molecule has 0 aromatic carbocycles. The van der Waals surface area contributed by atoms with E-state index in [0.29, 0.717) is 12.8 Å². The molecule has 1 aliphatic rings. The van der Waals surface area contributed by atoms with Crippen LogP contribution in [0.3, 0.4) is 0 Å². The van der Waals surface area contributed by atoms with Gasteiger partial charge in [-0.2, -0.15) is 0 Å². The first-order valence-corrected chi connectivity index (χ1v) is 6.98. The highest BCUT2D eigenvalue weighted by atomic mass is 16.4. The molecule has 1 aliphatic carbocycles. The van der Waals surface area contributed by atoms with Crippen molar-refractivity contribution >= 4 is 11.9 Å². The van der Waals surface area contributed by atoms with E-state index in [1.807, 2.05) is 20.8 Å². The van der Waals surface area contributed by atoms with Crippen molar-refractivity contribution in [3.63, 3.8) is 0 Å². The van der Waals surface area contributed by atoms with Crippen LogP contribution >= 0.6 is 0 Å². The molecule has 0 aromatic rings. The number of rotatable bonds is 4. The van der Waals surface area contributed by atoms with Gasteiger partial charge in [0.05, 0.1) is 5.92 Å². The van der Waals surface area contributed by atoms with Crippen molar-refractivity contribution in [3.8, 4) is 0 Å². The maximum absolute atomic E-state index is 11.9. The van der Waals surface area contributed by atoms with Crippen LogP contribution in [0.2, 0.25) is 0 Å². The fourth-order valence-electron chi connectivity index (χ4n) is 2.34. The zero-order chi connectivity index (χ0) is 14.6. The third kappa shape index (κ3) is 5.19. The zero-order valence-corrected chi connectivity index (χ0v) is 12.1. The number of amides is 1. The van der Waals surface area contributed by atoms with Gasteiger partial charge < -0.3 is 16.2 Å². The topological polar surface area (TPSA) is 92.4 Å². The van der Waals surface area contributed by atoms with Crippen LogP contribution in [0.15, 0.2) is 0 Å². The first-order chi connectivity index (χ1) is 8.70. The Kier molecular flexibility index (Phi) is 5.35. The van der Waals surface area contributed by atoms with E-state index in [9.17, 15) is 9.59 Å². The molecule has 5 nitrogen and oxygen atoms in total. The van der Waals surface area contributed by atoms with Crippen molar-refractivity contribution in [2.75, 3.05) is 0 Å². The number of carbonyl (C=O) groups excluding carboxylic acids is 1. The van der Waals surface area contributed by atoms with Gasteiger partial charge in [-0.25, -0.2) is 0 Å². The van der Waals surface area contributed by atoms with E-state index in [2.05, 4.69) is 5.32 Å². The molecule has 0 saturated heterocycles. The van der Waals surface area contributed by atoms with Crippen LogP contribution in [-0.2, 0) is 9.59 Å². The van der Waals surface area contributed by atoms with Crippen molar-refractivity contribution in [2.45, 2.75) is 65.0 Å². The average Bonchev–Trinajstić information content (AvgIpc) is 2.27. The molecular formula is C14H26N2O3. The second-order valence-corrected chi connectivity index (χ2v) is 6.64. The van der Waals surface area contributed by atoms with Crippen molar-refractivity contribution < 1.29 is 14.7 Å². The molecule has 0 heterocycles. The summed E-state index contributed by atoms with van der Waals surface area (Å²) in [5.41, 5.74) is 5.87. The summed E-state index contributed by atoms with van der Waals surface area (Å²) in [6.07, 6.45) is 3.25. The number of hydrogen-bond donors (Lipinski definition) is 3. The Morgan fingerprint density at radius 3 is 2.53 bits per heavy atom. The zero-order valence-electron chi connectivity index (χ0n) is 12.1. The number of nitrogens with two attached hydrogens (primary N) is 1. The minimum absolute atomic E-state index is 0.0190. The van der Waals surface area contributed by atoms with Gasteiger partial charge in [-0.1, -0.05) is 27.2 Å². The summed E-state index contributed by atoms with van der Waals surface area (Å²) in [5.74, 6) is -1.15. The van der Waals surface area contributed by atoms with E-state index >= 15 is 0 Å². The predicted octanol–water partition coefficient (Wildman–Crippen LogP) is 1.51. The molecule has 19 heavy (non-hydrogen) atoms. The van der Waals surface area contributed by atoms with Gasteiger partial charge in [-0.3, -0.25) is 9.59 Å². The van der Waals surface area contributed by atoms with E-state index in [-0.39, 0.29) is 35.7 Å². The second-order valence-electron chi connectivity index (χ2n) is 6.64. The smallest absolute Gasteiger partial charge is 0.306 e. The summed E-state index contributed by atoms with van der Waals surface area (Å²) < 4.78 is 0. The fourth-order valence-corrected chi connectivity index (χ4v) is 2.34. The Balaban J connectivity index is 2.42. The Hall–Kier alpha value is -1.10. The molecule has 5 heteroatoms. The number of hydrogen-bond acceptors (Lipinski definition) is 3. The SMILES string of the molecule is CC(C)(C)C(N)CC(=O)NC1CCCC(C(=O)O)C1. The lowest BCUT2D eigenvalue weighted by Crippen LogP contribution is -2.44. The monoisotopic (exact) mass is 270 g/mol. The highest BCUT2D eigenvalue weighted by Crippen LogP contribution is 2.25. The normalized spacial score (nSPS) is 25.7. The summed E-state index contributed by atoms with van der Waals surface area (Å²) in [7, 11) is 0. The van der Waals surface area contributed by atoms with Crippen LogP contribution in [0.4, 0.5) is 0 Å². The summed E-state index contributed by atoms with van der Waals surface area (Å²) in [6.45, 7) is 6.02. The maximum atomic E-state index is 11.9. The lowest BCUT2D eigenvalue weighted by molar-refractivity contribution is -0.143. The molecule has 110 valence electrons. The van der Waals surface area contributed by atoms with Crippen molar-refractivity contribution in [3.05, 3.63) is 0 Å². The molecule has 1 fully saturated rings. The van der Waals surface area contributed by atoms with Crippen LogP contribution in [0.1, 0.15) is 52.9 Å². The van der Waals surface area contributed by atoms with Gasteiger partial charge in [0.2, 0.25) is 5.91 Å². The van der Waals surface area contributed by atoms with E-state index in [0.717, 1.165) is 12.8 Å². The van der Waals surface area contributed by atoms with E-state index in [4.69, 9.17) is 10.8 Å². The molecule has 3 unspecified atom stereocenters. The Morgan fingerprint density at radius 2 is 2.00 bits per heavy atom. The summed E-state index contributed by atoms with van der Waals surface area (Å²) in [6, 6.07) is -0.208. The van der Waals surface area contributed by atoms with E-state index in [1.165, 1.54) is 0 Å². The molecule has 0 radical (unpaired) electrons. The molecule has 0 bridgehead atoms. The van der Waals surface area contributed by atoms with Gasteiger partial charge in [0, 0.05) is 18.5 Å². The average molecular weight is 270 g/mol. The minimum Gasteiger partial charge on any atom is -0.481 e. The van der Waals surface area contributed by atoms with Crippen LogP contribution in [-0.4, -0.2) is 29.1 Å². The minimum atomic E-state index is -0.759. The lowest BCUT2D eigenvalue weighted by Gasteiger charge is -2.30. The van der Waals surface area contributed by atoms with Crippen molar-refractivity contribution in [1.82, 2.24) is 5.32 Å². The molecule has 3 atom stereocenters. The van der Waals surface area contributed by atoms with Gasteiger partial charge in [0.25, 0.3) is 0 Å². The summed E-state index contributed by atoms with van der Waals surface area (Å²) in [5, 5.41) is 11.9. The van der Waals surface area contributed by atoms with Gasteiger partial charge in [0.1, 0.15) is 0 Å². The first kappa shape index (κ1) is 16.0. The Labute approximate surface area is 114 Å². The van der Waals surface area contributed by atoms with Crippen molar-refractivity contribution in [1.29, 1.82) is 0 Å². The number of carbonyl (C=O) groups is 2. The maximum Gasteiger partial charge on any atom is 0.306 e. The highest BCUT2D eigenvalue weighted by Gasteiger charge is 2.29. The van der Waals surface area contributed by atoms with Crippen LogP contribution in [0.5, 0.6) is 0 Å². The Bertz CT molecular complexity index is 336. The van der Waals surface area contributed by atoms with Gasteiger partial charge >= 0.3 is 5.97 Å². The summed E-state index contributed by atoms with van der Waals surface area (Å²) in [4.78, 5) is 22.9. The van der Waals surface area contributed by atoms with Gasteiger partial charge in [-0.05, 0) is 24.7 Å². The van der Waals surface area contributed by atoms with Crippen LogP contribution in [0, 0.1) is 11.3 Å². The number of carboxylic acids is 1. The molecule has 0 aliphatic heterocycles. The first-order valence-electron chi connectivity index (χ1n) is 6.98. The quantitative estimate of drug-likeness (QED) is 0.722. The predicted molar refractivity (Wildman–Crippen MR) is 73.6 cm³/mol. The molecule has 1 amide bonds. The van der Waals surface area contributed by atoms with Gasteiger partial charge in [0.15, 0.2) is 0 Å². The Morgan fingerprint density at radius 1 is 1.37 bits per heavy atom. The molecule has 0 aromatic heterocycles. The van der Waals surface area contributed by atoms with Crippen LogP contribution in [0.25, 0.3) is 0 Å². The largest absolute Gasteiger partial charge is 0.481 e. The molecular weight excluding hydrogens is 244 g/mol. The summed E-state index contributed by atoms with van der Waals surface area (Å²) >= 11 is 0. The van der Waals surface area contributed by atoms with E-state index < -0.39 is 5.97 Å². The molecule has 4 N–H and O–H groups in total. The standard InChI is InChI=1S/C14H26N2O3/c1-14(2,3)11(15)8-12(17)16-10-6-4-5-9(7-10)13(18)19/h9-11H,4-8,15H2,1-3H3,(H,16,17)(H,18,19). The molecule has 0 spiro atoms. The van der Waals surface area contributed by atoms with Crippen LogP contribution < -0.4 is 11.1 Å². The van der Waals surface area contributed by atoms with Gasteiger partial charge in [-0.15, -0.1) is 0 Å². The second kappa shape index (κ2) is 6.37. The number of nitrogens with one attached hydrogen (secondary N) is 1. The van der Waals surface area contributed by atoms with Crippen molar-refractivity contribution in [2.24, 2.45) is 17.1 Å². The third-order valence-corrected chi connectivity index (χ3v) is 3.91. The lowest BCUT2D eigenvalue weighted by atomic mass is 9.84. The number of carboxylic acid groups (broad SMARTS) is 1. The van der Waals surface area contributed by atoms with E-state index in [1.54, 1.807) is 0 Å². The fraction of sp³-hybridized carbons (Fsp3) is 0.857. The molecule has 1 saturated carbocycles. The third-order valence-electron chi connectivity index (χ3n) is 3.91.